The smallest absolute Gasteiger partial charge is 0.221 e. The van der Waals surface area contributed by atoms with Gasteiger partial charge in [-0.1, -0.05) is 51.1 Å². The first kappa shape index (κ1) is 15.8. The van der Waals surface area contributed by atoms with Crippen LogP contribution in [0, 0.1) is 3.82 Å². The Morgan fingerprint density at radius 2 is 2.08 bits per heavy atom. The maximum absolute atomic E-state index is 10.9. The maximum atomic E-state index is 10.9. The average Bonchev–Trinajstić information content (AvgIpc) is 3.03. The number of nitrogens with two attached hydrogens (primary N) is 1. The highest BCUT2D eigenvalue weighted by Crippen LogP contribution is 2.54. The van der Waals surface area contributed by atoms with E-state index in [-0.39, 0.29) is 11.0 Å². The molecular weight excluding hydrogens is 380 g/mol. The van der Waals surface area contributed by atoms with Gasteiger partial charge in [0.25, 0.3) is 0 Å². The Morgan fingerprint density at radius 3 is 2.79 bits per heavy atom. The number of aromatic nitrogens is 1. The highest BCUT2D eigenvalue weighted by Gasteiger charge is 2.39. The zero-order valence-electron chi connectivity index (χ0n) is 12.7. The standard InChI is InChI=1S/C15H12N4OS4/c1-15(2)11-8(13(21)24-23-11)6-4-3-5-7-9(17-18-14(16)22)12(20)19(15)10(6)7/h3-5,20H,1-2H3,(H2,16,22). The van der Waals surface area contributed by atoms with E-state index in [1.165, 1.54) is 0 Å². The fourth-order valence-electron chi connectivity index (χ4n) is 3.25. The van der Waals surface area contributed by atoms with Gasteiger partial charge in [-0.15, -0.1) is 10.2 Å². The lowest BCUT2D eigenvalue weighted by molar-refractivity contribution is 0.359. The van der Waals surface area contributed by atoms with Crippen LogP contribution in [0.15, 0.2) is 28.4 Å². The van der Waals surface area contributed by atoms with Crippen molar-refractivity contribution in [3.05, 3.63) is 26.9 Å². The van der Waals surface area contributed by atoms with E-state index in [1.54, 1.807) is 20.7 Å². The van der Waals surface area contributed by atoms with Crippen molar-refractivity contribution in [3.63, 3.8) is 0 Å². The molecule has 0 saturated heterocycles. The summed E-state index contributed by atoms with van der Waals surface area (Å²) in [5.74, 6) is 0.0532. The van der Waals surface area contributed by atoms with E-state index in [4.69, 9.17) is 30.2 Å². The molecular formula is C15H12N4OS4. The third kappa shape index (κ3) is 1.95. The number of rotatable bonds is 1. The second-order valence-electron chi connectivity index (χ2n) is 5.96. The minimum atomic E-state index is -0.443. The number of aromatic hydroxyl groups is 1. The molecule has 0 bridgehead atoms. The Labute approximate surface area is 155 Å². The van der Waals surface area contributed by atoms with Gasteiger partial charge in [0.1, 0.15) is 3.82 Å². The van der Waals surface area contributed by atoms with Crippen LogP contribution in [0.5, 0.6) is 5.88 Å². The summed E-state index contributed by atoms with van der Waals surface area (Å²) in [4.78, 5) is 1.14. The number of fused-ring (bicyclic) bond motifs is 2. The van der Waals surface area contributed by atoms with Gasteiger partial charge in [0, 0.05) is 16.5 Å². The van der Waals surface area contributed by atoms with Gasteiger partial charge in [-0.3, -0.25) is 4.57 Å². The topological polar surface area (TPSA) is 75.9 Å². The molecule has 3 heterocycles. The van der Waals surface area contributed by atoms with Gasteiger partial charge in [-0.05, 0) is 26.1 Å². The van der Waals surface area contributed by atoms with Crippen LogP contribution in [0.4, 0.5) is 5.69 Å². The highest BCUT2D eigenvalue weighted by molar-refractivity contribution is 7.80. The minimum Gasteiger partial charge on any atom is -0.493 e. The summed E-state index contributed by atoms with van der Waals surface area (Å²) in [7, 11) is 3.24. The zero-order chi connectivity index (χ0) is 17.2. The molecule has 3 N–H and O–H groups in total. The van der Waals surface area contributed by atoms with Crippen LogP contribution in [0.3, 0.4) is 0 Å². The quantitative estimate of drug-likeness (QED) is 0.335. The van der Waals surface area contributed by atoms with Crippen LogP contribution in [0.25, 0.3) is 22.0 Å². The lowest BCUT2D eigenvalue weighted by atomic mass is 9.91. The third-order valence-electron chi connectivity index (χ3n) is 4.20. The number of thiocarbonyl (C=S) groups is 1. The van der Waals surface area contributed by atoms with E-state index < -0.39 is 5.54 Å². The van der Waals surface area contributed by atoms with E-state index in [0.717, 1.165) is 30.7 Å². The van der Waals surface area contributed by atoms with Crippen LogP contribution in [0.1, 0.15) is 18.7 Å². The van der Waals surface area contributed by atoms with E-state index in [2.05, 4.69) is 24.1 Å². The molecule has 5 nitrogen and oxygen atoms in total. The predicted molar refractivity (Wildman–Crippen MR) is 105 cm³/mol. The fraction of sp³-hybridized carbons (Fsp3) is 0.200. The van der Waals surface area contributed by atoms with E-state index in [9.17, 15) is 5.11 Å². The van der Waals surface area contributed by atoms with Gasteiger partial charge < -0.3 is 10.8 Å². The first-order valence-corrected chi connectivity index (χ1v) is 10.0. The Balaban J connectivity index is 2.19. The maximum Gasteiger partial charge on any atom is 0.221 e. The van der Waals surface area contributed by atoms with Crippen molar-refractivity contribution in [1.82, 2.24) is 4.57 Å². The summed E-state index contributed by atoms with van der Waals surface area (Å²) < 4.78 is 2.76. The molecule has 2 aromatic heterocycles. The first-order chi connectivity index (χ1) is 11.3. The number of benzene rings is 1. The van der Waals surface area contributed by atoms with Crippen molar-refractivity contribution in [2.45, 2.75) is 19.4 Å². The van der Waals surface area contributed by atoms with Crippen molar-refractivity contribution >= 4 is 66.8 Å². The van der Waals surface area contributed by atoms with Gasteiger partial charge >= 0.3 is 0 Å². The number of hydrogen-bond donors (Lipinski definition) is 2. The van der Waals surface area contributed by atoms with Crippen molar-refractivity contribution < 1.29 is 5.11 Å². The Hall–Kier alpha value is -1.68. The highest BCUT2D eigenvalue weighted by atomic mass is 32.9. The summed E-state index contributed by atoms with van der Waals surface area (Å²) in [6.07, 6.45) is 0. The molecule has 0 spiro atoms. The zero-order valence-corrected chi connectivity index (χ0v) is 16.0. The Morgan fingerprint density at radius 1 is 1.33 bits per heavy atom. The molecule has 0 aliphatic carbocycles. The molecule has 1 aliphatic heterocycles. The summed E-state index contributed by atoms with van der Waals surface area (Å²) in [6, 6.07) is 5.86. The lowest BCUT2D eigenvalue weighted by Crippen LogP contribution is -2.29. The molecule has 4 rings (SSSR count). The molecule has 0 fully saturated rings. The van der Waals surface area contributed by atoms with Crippen LogP contribution in [-0.4, -0.2) is 14.8 Å². The minimum absolute atomic E-state index is 0.0532. The molecule has 0 unspecified atom stereocenters. The SMILES string of the molecule is CC1(C)c2ssc(=S)c2-c2cccc3c(N=NC(N)=S)c(O)n1c23. The molecule has 0 saturated carbocycles. The predicted octanol–water partition coefficient (Wildman–Crippen LogP) is 5.29. The first-order valence-electron chi connectivity index (χ1n) is 7.06. The van der Waals surface area contributed by atoms with E-state index >= 15 is 0 Å². The normalized spacial score (nSPS) is 15.1. The van der Waals surface area contributed by atoms with E-state index in [1.807, 2.05) is 22.8 Å². The molecule has 1 aliphatic rings. The largest absolute Gasteiger partial charge is 0.493 e. The second kappa shape index (κ2) is 5.16. The number of azo groups is 1. The fourth-order valence-corrected chi connectivity index (χ4v) is 6.57. The van der Waals surface area contributed by atoms with Crippen LogP contribution in [-0.2, 0) is 5.54 Å². The third-order valence-corrected chi connectivity index (χ3v) is 7.61. The Bertz CT molecular complexity index is 1100. The molecule has 0 radical (unpaired) electrons. The average molecular weight is 393 g/mol. The van der Waals surface area contributed by atoms with Gasteiger partial charge in [0.15, 0.2) is 5.69 Å². The van der Waals surface area contributed by atoms with Crippen molar-refractivity contribution in [3.8, 4) is 17.0 Å². The van der Waals surface area contributed by atoms with Gasteiger partial charge in [0.2, 0.25) is 11.0 Å². The molecule has 3 aromatic rings. The monoisotopic (exact) mass is 392 g/mol. The lowest BCUT2D eigenvalue weighted by Gasteiger charge is -2.32. The van der Waals surface area contributed by atoms with Crippen LogP contribution >= 0.6 is 45.1 Å². The van der Waals surface area contributed by atoms with Crippen molar-refractivity contribution in [2.75, 3.05) is 0 Å². The van der Waals surface area contributed by atoms with E-state index in [0.29, 0.717) is 5.69 Å². The number of hydrogen-bond acceptors (Lipinski definition) is 6. The molecule has 122 valence electrons. The summed E-state index contributed by atoms with van der Waals surface area (Å²) in [5, 5.41) is 19.4. The second-order valence-corrected chi connectivity index (χ2v) is 9.20. The molecule has 24 heavy (non-hydrogen) atoms. The number of nitrogens with zero attached hydrogens (tertiary/aromatic N) is 3. The van der Waals surface area contributed by atoms with Gasteiger partial charge in [-0.2, -0.15) is 0 Å². The van der Waals surface area contributed by atoms with Crippen molar-refractivity contribution in [1.29, 1.82) is 0 Å². The summed E-state index contributed by atoms with van der Waals surface area (Å²) in [5.41, 5.74) is 8.34. The molecule has 0 amide bonds. The molecule has 0 atom stereocenters. The van der Waals surface area contributed by atoms with Gasteiger partial charge in [0.05, 0.1) is 15.9 Å². The molecule has 1 aromatic carbocycles. The van der Waals surface area contributed by atoms with Gasteiger partial charge in [-0.25, -0.2) is 0 Å². The molecule has 9 heteroatoms. The van der Waals surface area contributed by atoms with Crippen molar-refractivity contribution in [2.24, 2.45) is 16.0 Å². The summed E-state index contributed by atoms with van der Waals surface area (Å²) >= 11 is 10.3. The number of para-hydroxylation sites is 1. The summed E-state index contributed by atoms with van der Waals surface area (Å²) in [6.45, 7) is 4.13. The van der Waals surface area contributed by atoms with Crippen LogP contribution < -0.4 is 5.73 Å². The van der Waals surface area contributed by atoms with Crippen LogP contribution in [0.2, 0.25) is 0 Å². The Kier molecular flexibility index (Phi) is 3.40.